The summed E-state index contributed by atoms with van der Waals surface area (Å²) < 4.78 is 0.773. The maximum atomic E-state index is 2.42. The quantitative estimate of drug-likeness (QED) is 0.428. The van der Waals surface area contributed by atoms with Crippen LogP contribution in [0.25, 0.3) is 0 Å². The minimum atomic E-state index is 0.386. The Kier molecular flexibility index (Phi) is 8.41. The molecule has 110 valence electrons. The van der Waals surface area contributed by atoms with Gasteiger partial charge in [-0.2, -0.15) is 0 Å². The molecule has 0 amide bonds. The van der Waals surface area contributed by atoms with Crippen LogP contribution in [0.2, 0.25) is 0 Å². The lowest BCUT2D eigenvalue weighted by Crippen LogP contribution is -2.30. The summed E-state index contributed by atoms with van der Waals surface area (Å²) in [6.45, 7) is 19.0. The van der Waals surface area contributed by atoms with Crippen molar-refractivity contribution in [3.63, 3.8) is 0 Å². The molecule has 0 unspecified atom stereocenters. The van der Waals surface area contributed by atoms with Gasteiger partial charge < -0.3 is 0 Å². The molecule has 0 fully saturated rings. The summed E-state index contributed by atoms with van der Waals surface area (Å²) >= 11 is 0. The zero-order valence-electron chi connectivity index (χ0n) is 13.8. The van der Waals surface area contributed by atoms with Crippen molar-refractivity contribution >= 4 is 21.6 Å². The molecule has 0 radical (unpaired) electrons. The van der Waals surface area contributed by atoms with E-state index in [0.29, 0.717) is 9.49 Å². The Labute approximate surface area is 124 Å². The molecule has 0 atom stereocenters. The van der Waals surface area contributed by atoms with Crippen LogP contribution in [0.1, 0.15) is 81.1 Å². The third-order valence-corrected chi connectivity index (χ3v) is 8.85. The topological polar surface area (TPSA) is 0 Å². The van der Waals surface area contributed by atoms with Gasteiger partial charge in [0, 0.05) is 9.49 Å². The molecule has 18 heavy (non-hydrogen) atoms. The predicted molar refractivity (Wildman–Crippen MR) is 91.5 cm³/mol. The van der Waals surface area contributed by atoms with E-state index in [-0.39, 0.29) is 0 Å². The largest absolute Gasteiger partial charge is 0.0870 e. The summed E-state index contributed by atoms with van der Waals surface area (Å²) in [5.41, 5.74) is 0. The van der Waals surface area contributed by atoms with Gasteiger partial charge >= 0.3 is 0 Å². The number of hydrogen-bond donors (Lipinski definition) is 0. The third-order valence-electron chi connectivity index (χ3n) is 4.41. The first-order valence-corrected chi connectivity index (χ1v) is 9.76. The summed E-state index contributed by atoms with van der Waals surface area (Å²) in [6, 6.07) is 0. The molecule has 0 aromatic rings. The van der Waals surface area contributed by atoms with Crippen molar-refractivity contribution < 1.29 is 0 Å². The highest BCUT2D eigenvalue weighted by atomic mass is 33.1. The van der Waals surface area contributed by atoms with E-state index in [1.165, 1.54) is 25.7 Å². The normalized spacial score (nSPS) is 13.7. The number of hydrogen-bond acceptors (Lipinski definition) is 2. The Bertz CT molecular complexity index is 189. The smallest absolute Gasteiger partial charge is 0.0235 e. The predicted octanol–water partition coefficient (Wildman–Crippen LogP) is 6.80. The van der Waals surface area contributed by atoms with E-state index in [4.69, 9.17) is 0 Å². The molecule has 0 saturated heterocycles. The monoisotopic (exact) mass is 290 g/mol. The Morgan fingerprint density at radius 2 is 0.833 bits per heavy atom. The van der Waals surface area contributed by atoms with Crippen LogP contribution in [0, 0.1) is 11.8 Å². The maximum absolute atomic E-state index is 2.42. The average molecular weight is 291 g/mol. The first-order valence-electron chi connectivity index (χ1n) is 7.61. The van der Waals surface area contributed by atoms with Gasteiger partial charge in [-0.3, -0.25) is 0 Å². The van der Waals surface area contributed by atoms with Crippen LogP contribution in [-0.2, 0) is 0 Å². The fraction of sp³-hybridized carbons (Fsp3) is 1.00. The van der Waals surface area contributed by atoms with Crippen LogP contribution in [0.15, 0.2) is 0 Å². The van der Waals surface area contributed by atoms with Crippen LogP contribution in [0.4, 0.5) is 0 Å². The van der Waals surface area contributed by atoms with Gasteiger partial charge in [-0.15, -0.1) is 0 Å². The second-order valence-electron chi connectivity index (χ2n) is 6.40. The van der Waals surface area contributed by atoms with E-state index in [2.05, 4.69) is 77.0 Å². The lowest BCUT2D eigenvalue weighted by molar-refractivity contribution is 0.395. The molecule has 0 saturated carbocycles. The van der Waals surface area contributed by atoms with E-state index in [9.17, 15) is 0 Å². The first-order chi connectivity index (χ1) is 8.25. The minimum absolute atomic E-state index is 0.386. The van der Waals surface area contributed by atoms with Gasteiger partial charge in [-0.25, -0.2) is 0 Å². The van der Waals surface area contributed by atoms with Gasteiger partial charge in [0.15, 0.2) is 0 Å². The van der Waals surface area contributed by atoms with Crippen molar-refractivity contribution in [3.05, 3.63) is 0 Å². The van der Waals surface area contributed by atoms with Crippen molar-refractivity contribution in [2.75, 3.05) is 0 Å². The second kappa shape index (κ2) is 8.09. The molecule has 0 aliphatic carbocycles. The zero-order valence-corrected chi connectivity index (χ0v) is 15.4. The van der Waals surface area contributed by atoms with Crippen molar-refractivity contribution in [2.45, 2.75) is 90.6 Å². The molecule has 0 aromatic heterocycles. The molecule has 0 heterocycles. The van der Waals surface area contributed by atoms with Crippen LogP contribution in [-0.4, -0.2) is 9.49 Å². The van der Waals surface area contributed by atoms with E-state index >= 15 is 0 Å². The van der Waals surface area contributed by atoms with Gasteiger partial charge in [0.1, 0.15) is 0 Å². The standard InChI is InChI=1S/C16H34S2/c1-9-13(10-2)15(5,6)17-18-16(7,8)14(11-3)12-4/h13-14H,9-12H2,1-8H3. The molecule has 0 aromatic carbocycles. The van der Waals surface area contributed by atoms with Gasteiger partial charge in [0.2, 0.25) is 0 Å². The molecule has 0 bridgehead atoms. The molecular formula is C16H34S2. The van der Waals surface area contributed by atoms with Crippen LogP contribution >= 0.6 is 21.6 Å². The Morgan fingerprint density at radius 1 is 0.611 bits per heavy atom. The maximum Gasteiger partial charge on any atom is 0.0235 e. The van der Waals surface area contributed by atoms with Crippen molar-refractivity contribution in [1.29, 1.82) is 0 Å². The van der Waals surface area contributed by atoms with Crippen molar-refractivity contribution in [1.82, 2.24) is 0 Å². The molecule has 2 heteroatoms. The molecule has 0 spiro atoms. The lowest BCUT2D eigenvalue weighted by Gasteiger charge is -2.38. The lowest BCUT2D eigenvalue weighted by atomic mass is 9.90. The SMILES string of the molecule is CCC(CC)C(C)(C)SSC(C)(C)C(CC)CC. The molecular weight excluding hydrogens is 256 g/mol. The summed E-state index contributed by atoms with van der Waals surface area (Å²) in [4.78, 5) is 0. The zero-order chi connectivity index (χ0) is 14.4. The summed E-state index contributed by atoms with van der Waals surface area (Å²) in [6.07, 6.45) is 5.18. The van der Waals surface area contributed by atoms with E-state index in [0.717, 1.165) is 11.8 Å². The molecule has 0 N–H and O–H groups in total. The second-order valence-corrected chi connectivity index (χ2v) is 9.84. The Hall–Kier alpha value is 0.700. The molecule has 0 nitrogen and oxygen atoms in total. The van der Waals surface area contributed by atoms with Gasteiger partial charge in [0.05, 0.1) is 0 Å². The summed E-state index contributed by atoms with van der Waals surface area (Å²) in [7, 11) is 4.24. The van der Waals surface area contributed by atoms with Gasteiger partial charge in [-0.1, -0.05) is 75.0 Å². The highest BCUT2D eigenvalue weighted by Crippen LogP contribution is 2.51. The third kappa shape index (κ3) is 5.36. The average Bonchev–Trinajstić information content (AvgIpc) is 2.29. The van der Waals surface area contributed by atoms with Crippen LogP contribution < -0.4 is 0 Å². The van der Waals surface area contributed by atoms with Gasteiger partial charge in [-0.05, 0) is 39.5 Å². The first kappa shape index (κ1) is 18.7. The van der Waals surface area contributed by atoms with E-state index in [1.807, 2.05) is 0 Å². The molecule has 0 aliphatic heterocycles. The molecule has 0 aliphatic rings. The van der Waals surface area contributed by atoms with Crippen LogP contribution in [0.3, 0.4) is 0 Å². The van der Waals surface area contributed by atoms with E-state index < -0.39 is 0 Å². The highest BCUT2D eigenvalue weighted by Gasteiger charge is 2.34. The Morgan fingerprint density at radius 3 is 1.00 bits per heavy atom. The molecule has 0 rings (SSSR count). The van der Waals surface area contributed by atoms with Crippen molar-refractivity contribution in [2.24, 2.45) is 11.8 Å². The summed E-state index contributed by atoms with van der Waals surface area (Å²) in [5, 5.41) is 0. The Balaban J connectivity index is 4.54. The fourth-order valence-corrected chi connectivity index (χ4v) is 6.37. The van der Waals surface area contributed by atoms with Gasteiger partial charge in [0.25, 0.3) is 0 Å². The fourth-order valence-electron chi connectivity index (χ4n) is 2.89. The van der Waals surface area contributed by atoms with Crippen molar-refractivity contribution in [3.8, 4) is 0 Å². The number of rotatable bonds is 9. The summed E-state index contributed by atoms with van der Waals surface area (Å²) in [5.74, 6) is 1.65. The van der Waals surface area contributed by atoms with Crippen LogP contribution in [0.5, 0.6) is 0 Å². The highest BCUT2D eigenvalue weighted by molar-refractivity contribution is 8.77. The minimum Gasteiger partial charge on any atom is -0.0870 e. The van der Waals surface area contributed by atoms with E-state index in [1.54, 1.807) is 0 Å².